The predicted octanol–water partition coefficient (Wildman–Crippen LogP) is 1.50. The van der Waals surface area contributed by atoms with Gasteiger partial charge in [0.25, 0.3) is 0 Å². The van der Waals surface area contributed by atoms with Crippen LogP contribution in [0.1, 0.15) is 39.2 Å². The number of nitrogens with one attached hydrogen (secondary N) is 1. The van der Waals surface area contributed by atoms with Crippen molar-refractivity contribution in [3.05, 3.63) is 18.0 Å². The van der Waals surface area contributed by atoms with Gasteiger partial charge in [-0.1, -0.05) is 13.8 Å². The second-order valence-electron chi connectivity index (χ2n) is 4.44. The minimum atomic E-state index is -0.832. The van der Waals surface area contributed by atoms with E-state index in [1.54, 1.807) is 6.20 Å². The van der Waals surface area contributed by atoms with Gasteiger partial charge in [-0.3, -0.25) is 4.68 Å². The van der Waals surface area contributed by atoms with Crippen molar-refractivity contribution in [2.75, 3.05) is 13.1 Å². The number of aryl methyl sites for hydroxylation is 1. The Morgan fingerprint density at radius 3 is 2.81 bits per heavy atom. The highest BCUT2D eigenvalue weighted by atomic mass is 16.3. The van der Waals surface area contributed by atoms with Gasteiger partial charge in [0, 0.05) is 24.8 Å². The van der Waals surface area contributed by atoms with Crippen LogP contribution in [0, 0.1) is 0 Å². The fourth-order valence-corrected chi connectivity index (χ4v) is 1.60. The van der Waals surface area contributed by atoms with Gasteiger partial charge < -0.3 is 10.4 Å². The molecule has 0 aromatic carbocycles. The van der Waals surface area contributed by atoms with Crippen molar-refractivity contribution >= 4 is 0 Å². The molecule has 0 saturated heterocycles. The van der Waals surface area contributed by atoms with Crippen LogP contribution >= 0.6 is 0 Å². The topological polar surface area (TPSA) is 50.1 Å². The number of hydrogen-bond donors (Lipinski definition) is 2. The van der Waals surface area contributed by atoms with Crippen LogP contribution in [0.15, 0.2) is 12.4 Å². The average Bonchev–Trinajstić information content (AvgIpc) is 2.68. The average molecular weight is 225 g/mol. The van der Waals surface area contributed by atoms with E-state index >= 15 is 0 Å². The predicted molar refractivity (Wildman–Crippen MR) is 65.2 cm³/mol. The second kappa shape index (κ2) is 6.01. The molecule has 1 atom stereocenters. The molecule has 2 N–H and O–H groups in total. The fourth-order valence-electron chi connectivity index (χ4n) is 1.60. The number of aromatic nitrogens is 2. The molecule has 1 heterocycles. The van der Waals surface area contributed by atoms with Gasteiger partial charge in [-0.25, -0.2) is 0 Å². The number of nitrogens with zero attached hydrogens (tertiary/aromatic N) is 2. The van der Waals surface area contributed by atoms with Crippen molar-refractivity contribution < 1.29 is 5.11 Å². The first-order chi connectivity index (χ1) is 7.60. The van der Waals surface area contributed by atoms with Crippen LogP contribution in [0.25, 0.3) is 0 Å². The van der Waals surface area contributed by atoms with Crippen molar-refractivity contribution in [2.24, 2.45) is 0 Å². The highest BCUT2D eigenvalue weighted by Gasteiger charge is 2.24. The molecule has 1 aromatic rings. The van der Waals surface area contributed by atoms with E-state index in [1.165, 1.54) is 0 Å². The molecule has 0 spiro atoms. The molecule has 92 valence electrons. The summed E-state index contributed by atoms with van der Waals surface area (Å²) in [4.78, 5) is 0. The number of rotatable bonds is 7. The summed E-state index contributed by atoms with van der Waals surface area (Å²) in [6, 6.07) is 0. The van der Waals surface area contributed by atoms with E-state index in [0.29, 0.717) is 6.54 Å². The van der Waals surface area contributed by atoms with Gasteiger partial charge in [-0.15, -0.1) is 0 Å². The van der Waals surface area contributed by atoms with Gasteiger partial charge in [0.05, 0.1) is 6.20 Å². The molecule has 0 aliphatic heterocycles. The zero-order valence-electron chi connectivity index (χ0n) is 10.5. The lowest BCUT2D eigenvalue weighted by molar-refractivity contribution is 0.0571. The Labute approximate surface area is 97.7 Å². The monoisotopic (exact) mass is 225 g/mol. The van der Waals surface area contributed by atoms with E-state index < -0.39 is 5.60 Å². The summed E-state index contributed by atoms with van der Waals surface area (Å²) in [5.41, 5.74) is 0.0470. The quantitative estimate of drug-likeness (QED) is 0.691. The van der Waals surface area contributed by atoms with Crippen molar-refractivity contribution in [3.63, 3.8) is 0 Å². The molecule has 0 amide bonds. The summed E-state index contributed by atoms with van der Waals surface area (Å²) >= 11 is 0. The van der Waals surface area contributed by atoms with Crippen LogP contribution < -0.4 is 5.32 Å². The van der Waals surface area contributed by atoms with Crippen molar-refractivity contribution in [1.82, 2.24) is 15.1 Å². The van der Waals surface area contributed by atoms with E-state index in [1.807, 2.05) is 17.8 Å². The molecular formula is C12H23N3O. The lowest BCUT2D eigenvalue weighted by Crippen LogP contribution is -2.35. The summed E-state index contributed by atoms with van der Waals surface area (Å²) in [6.07, 6.45) is 5.81. The SMILES string of the molecule is CCCNCC(C)(O)c1cnn(CCC)c1. The molecule has 0 saturated carbocycles. The third kappa shape index (κ3) is 3.61. The van der Waals surface area contributed by atoms with Crippen molar-refractivity contribution in [3.8, 4) is 0 Å². The summed E-state index contributed by atoms with van der Waals surface area (Å²) in [6.45, 7) is 8.45. The van der Waals surface area contributed by atoms with Crippen LogP contribution in [0.5, 0.6) is 0 Å². The largest absolute Gasteiger partial charge is 0.384 e. The van der Waals surface area contributed by atoms with Gasteiger partial charge in [0.1, 0.15) is 5.60 Å². The Hall–Kier alpha value is -0.870. The molecule has 0 aliphatic rings. The molecule has 16 heavy (non-hydrogen) atoms. The molecule has 1 rings (SSSR count). The normalized spacial score (nSPS) is 15.0. The van der Waals surface area contributed by atoms with E-state index in [0.717, 1.165) is 31.5 Å². The zero-order valence-corrected chi connectivity index (χ0v) is 10.5. The third-order valence-corrected chi connectivity index (χ3v) is 2.60. The second-order valence-corrected chi connectivity index (χ2v) is 4.44. The maximum atomic E-state index is 10.3. The van der Waals surface area contributed by atoms with Crippen molar-refractivity contribution in [1.29, 1.82) is 0 Å². The van der Waals surface area contributed by atoms with E-state index in [2.05, 4.69) is 24.3 Å². The standard InChI is InChI=1S/C12H23N3O/c1-4-6-13-10-12(3,16)11-8-14-15(9-11)7-5-2/h8-9,13,16H,4-7,10H2,1-3H3. The highest BCUT2D eigenvalue weighted by Crippen LogP contribution is 2.18. The van der Waals surface area contributed by atoms with Gasteiger partial charge in [0.2, 0.25) is 0 Å². The molecular weight excluding hydrogens is 202 g/mol. The zero-order chi connectivity index (χ0) is 12.0. The van der Waals surface area contributed by atoms with Gasteiger partial charge in [-0.05, 0) is 26.3 Å². The lowest BCUT2D eigenvalue weighted by Gasteiger charge is -2.22. The van der Waals surface area contributed by atoms with E-state index in [9.17, 15) is 5.11 Å². The Morgan fingerprint density at radius 1 is 1.44 bits per heavy atom. The van der Waals surface area contributed by atoms with E-state index in [-0.39, 0.29) is 0 Å². The molecule has 1 unspecified atom stereocenters. The van der Waals surface area contributed by atoms with Crippen LogP contribution in [0.4, 0.5) is 0 Å². The third-order valence-electron chi connectivity index (χ3n) is 2.60. The van der Waals surface area contributed by atoms with Gasteiger partial charge >= 0.3 is 0 Å². The van der Waals surface area contributed by atoms with Crippen LogP contribution in [0.3, 0.4) is 0 Å². The minimum absolute atomic E-state index is 0.568. The summed E-state index contributed by atoms with van der Waals surface area (Å²) in [5, 5.41) is 17.7. The molecule has 0 fully saturated rings. The Balaban J connectivity index is 2.58. The summed E-state index contributed by atoms with van der Waals surface area (Å²) in [7, 11) is 0. The maximum absolute atomic E-state index is 10.3. The number of aliphatic hydroxyl groups is 1. The first kappa shape index (κ1) is 13.2. The molecule has 4 nitrogen and oxygen atoms in total. The van der Waals surface area contributed by atoms with Crippen LogP contribution in [0.2, 0.25) is 0 Å². The Bertz CT molecular complexity index is 307. The van der Waals surface area contributed by atoms with Gasteiger partial charge in [-0.2, -0.15) is 5.10 Å². The number of hydrogen-bond acceptors (Lipinski definition) is 3. The first-order valence-corrected chi connectivity index (χ1v) is 6.06. The van der Waals surface area contributed by atoms with Crippen LogP contribution in [-0.2, 0) is 12.1 Å². The molecule has 0 aliphatic carbocycles. The molecule has 4 heteroatoms. The molecule has 0 bridgehead atoms. The Morgan fingerprint density at radius 2 is 2.19 bits per heavy atom. The lowest BCUT2D eigenvalue weighted by atomic mass is 10.00. The summed E-state index contributed by atoms with van der Waals surface area (Å²) in [5.74, 6) is 0. The highest BCUT2D eigenvalue weighted by molar-refractivity contribution is 5.14. The van der Waals surface area contributed by atoms with Crippen molar-refractivity contribution in [2.45, 2.75) is 45.8 Å². The fraction of sp³-hybridized carbons (Fsp3) is 0.750. The smallest absolute Gasteiger partial charge is 0.102 e. The summed E-state index contributed by atoms with van der Waals surface area (Å²) < 4.78 is 1.88. The minimum Gasteiger partial charge on any atom is -0.384 e. The maximum Gasteiger partial charge on any atom is 0.102 e. The first-order valence-electron chi connectivity index (χ1n) is 6.06. The Kier molecular flexibility index (Phi) is 4.96. The molecule has 1 aromatic heterocycles. The van der Waals surface area contributed by atoms with Gasteiger partial charge in [0.15, 0.2) is 0 Å². The van der Waals surface area contributed by atoms with E-state index in [4.69, 9.17) is 0 Å². The van der Waals surface area contributed by atoms with Crippen LogP contribution in [-0.4, -0.2) is 28.0 Å². The molecule has 0 radical (unpaired) electrons.